The number of rotatable bonds is 19. The van der Waals surface area contributed by atoms with Crippen LogP contribution >= 0.6 is 0 Å². The van der Waals surface area contributed by atoms with Gasteiger partial charge in [0.1, 0.15) is 23.7 Å². The molecule has 5 aliphatic carbocycles. The average Bonchev–Trinajstić information content (AvgIpc) is 1.10. The van der Waals surface area contributed by atoms with Crippen LogP contribution in [0.5, 0.6) is 0 Å². The Bertz CT molecular complexity index is 2470. The number of cyclic esters (lactones) is 1. The van der Waals surface area contributed by atoms with Gasteiger partial charge in [0.15, 0.2) is 5.60 Å². The molecular weight excluding hydrogens is 1170 g/mol. The van der Waals surface area contributed by atoms with Gasteiger partial charge in [-0.1, -0.05) is 27.7 Å². The highest BCUT2D eigenvalue weighted by Crippen LogP contribution is 2.73. The van der Waals surface area contributed by atoms with E-state index in [9.17, 15) is 75.2 Å². The standard InChI is InChI=1S/C22H38O4.C18H28O7.C14H20F6O3.C10H16O4/c1-8-17(2,3)16(23)26-22-11-15-9-20(13-22,18(4,5)24)12-21(10-15,14-22)19(6,7)25;1-6-17(2,3)16(22)24-13-8-11-10(7-12(13)23-11)18(4,5)25-15(21)9-14(19)20;1-4-10(2,3)9(21)23-11(7-5-6-8-11)12(22,13(15,16)17)14(18,19)20;1-4-10(2,3)9(12)14-7-5-6-13-8(7)11/h15,24-25H,8-14H2,1-7H3;10-13H,6-9H2,1-5H3,(H,19,20);22H,4-8H2,1-3H3;7H,4-6H2,1-3H3. The first-order chi connectivity index (χ1) is 39.7. The minimum absolute atomic E-state index is 0.00565. The Morgan fingerprint density at radius 2 is 1.01 bits per heavy atom. The fraction of sp³-hybridized carbons (Fsp3) is 0.891. The van der Waals surface area contributed by atoms with E-state index in [2.05, 4.69) is 0 Å². The topological polar surface area (TPSA) is 265 Å². The summed E-state index contributed by atoms with van der Waals surface area (Å²) in [4.78, 5) is 82.2. The fourth-order valence-electron chi connectivity index (χ4n) is 13.4. The van der Waals surface area contributed by atoms with Gasteiger partial charge in [-0.05, 0) is 199 Å². The maximum absolute atomic E-state index is 13.2. The number of esters is 6. The van der Waals surface area contributed by atoms with Crippen LogP contribution in [0.15, 0.2) is 0 Å². The van der Waals surface area contributed by atoms with Gasteiger partial charge in [-0.2, -0.15) is 26.3 Å². The predicted octanol–water partition coefficient (Wildman–Crippen LogP) is 11.9. The Kier molecular flexibility index (Phi) is 22.8. The van der Waals surface area contributed by atoms with E-state index in [1.807, 2.05) is 76.2 Å². The number of fused-ring (bicyclic) bond motifs is 2. The monoisotopic (exact) mass is 1270 g/mol. The number of carboxylic acids is 1. The van der Waals surface area contributed by atoms with E-state index in [0.717, 1.165) is 32.1 Å². The minimum Gasteiger partial charge on any atom is -0.481 e. The number of halogens is 6. The van der Waals surface area contributed by atoms with Gasteiger partial charge in [0.05, 0.1) is 51.7 Å². The van der Waals surface area contributed by atoms with E-state index in [0.29, 0.717) is 57.5 Å². The van der Waals surface area contributed by atoms with Crippen LogP contribution in [-0.2, 0) is 66.7 Å². The van der Waals surface area contributed by atoms with E-state index < -0.39 is 117 Å². The molecule has 88 heavy (non-hydrogen) atoms. The highest BCUT2D eigenvalue weighted by Gasteiger charge is 2.81. The summed E-state index contributed by atoms with van der Waals surface area (Å²) in [5.41, 5.74) is -14.7. The largest absolute Gasteiger partial charge is 0.481 e. The van der Waals surface area contributed by atoms with Crippen LogP contribution in [0.4, 0.5) is 26.3 Å². The first-order valence-electron chi connectivity index (χ1n) is 31.1. The van der Waals surface area contributed by atoms with E-state index in [4.69, 9.17) is 38.3 Å². The highest BCUT2D eigenvalue weighted by molar-refractivity contribution is 5.90. The third kappa shape index (κ3) is 16.1. The molecule has 3 saturated heterocycles. The zero-order valence-electron chi connectivity index (χ0n) is 55.2. The van der Waals surface area contributed by atoms with Crippen LogP contribution in [0.1, 0.15) is 240 Å². The van der Waals surface area contributed by atoms with Crippen LogP contribution in [-0.4, -0.2) is 139 Å². The van der Waals surface area contributed by atoms with E-state index >= 15 is 0 Å². The van der Waals surface area contributed by atoms with Gasteiger partial charge in [-0.15, -0.1) is 0 Å². The molecule has 4 N–H and O–H groups in total. The molecule has 8 fully saturated rings. The molecule has 0 aromatic rings. The van der Waals surface area contributed by atoms with Crippen LogP contribution in [0.2, 0.25) is 0 Å². The first kappa shape index (κ1) is 76.2. The van der Waals surface area contributed by atoms with Gasteiger partial charge in [-0.25, -0.2) is 4.79 Å². The average molecular weight is 1270 g/mol. The molecular formula is C64H102F6O18. The highest BCUT2D eigenvalue weighted by atomic mass is 19.4. The second kappa shape index (κ2) is 26.4. The summed E-state index contributed by atoms with van der Waals surface area (Å²) >= 11 is 0. The van der Waals surface area contributed by atoms with Crippen LogP contribution in [0, 0.1) is 44.3 Å². The van der Waals surface area contributed by atoms with Crippen molar-refractivity contribution in [1.82, 2.24) is 0 Å². The molecule has 0 aromatic carbocycles. The molecule has 5 saturated carbocycles. The SMILES string of the molecule is CCC(C)(C)C(=O)OC1(C(O)(C(F)(F)F)C(F)(F)F)CCCC1.CCC(C)(C)C(=O)OC12CC3CC(C(C)(C)O)(C1)CC(C(C)(C)O)(C3)C2.CCC(C)(C)C(=O)OC1CC2OC1CC2C(C)(C)OC(=O)CC(=O)O.CCC(C)(C)C(=O)OC1CCOC1=O. The third-order valence-corrected chi connectivity index (χ3v) is 21.0. The molecule has 7 unspecified atom stereocenters. The molecule has 0 radical (unpaired) electrons. The summed E-state index contributed by atoms with van der Waals surface area (Å²) in [5, 5.41) is 40.6. The van der Waals surface area contributed by atoms with Crippen LogP contribution in [0.25, 0.3) is 0 Å². The molecule has 508 valence electrons. The number of aliphatic carboxylic acids is 1. The molecule has 0 aromatic heterocycles. The Morgan fingerprint density at radius 1 is 0.580 bits per heavy atom. The zero-order chi connectivity index (χ0) is 67.9. The fourth-order valence-corrected chi connectivity index (χ4v) is 13.4. The molecule has 0 amide bonds. The van der Waals surface area contributed by atoms with Gasteiger partial charge in [0.25, 0.3) is 5.60 Å². The minimum atomic E-state index is -6.02. The van der Waals surface area contributed by atoms with Gasteiger partial charge in [0, 0.05) is 29.6 Å². The number of hydrogen-bond donors (Lipinski definition) is 4. The zero-order valence-corrected chi connectivity index (χ0v) is 55.2. The molecule has 6 bridgehead atoms. The van der Waals surface area contributed by atoms with Crippen molar-refractivity contribution in [3.8, 4) is 0 Å². The number of hydrogen-bond acceptors (Lipinski definition) is 17. The van der Waals surface area contributed by atoms with Crippen molar-refractivity contribution in [3.05, 3.63) is 0 Å². The molecule has 3 heterocycles. The molecule has 18 nitrogen and oxygen atoms in total. The lowest BCUT2D eigenvalue weighted by Gasteiger charge is -2.70. The third-order valence-electron chi connectivity index (χ3n) is 21.0. The van der Waals surface area contributed by atoms with E-state index in [-0.39, 0.29) is 72.2 Å². The lowest BCUT2D eigenvalue weighted by Crippen LogP contribution is -2.71. The summed E-state index contributed by atoms with van der Waals surface area (Å²) in [5.74, 6) is -3.93. The summed E-state index contributed by atoms with van der Waals surface area (Å²) < 4.78 is 117. The van der Waals surface area contributed by atoms with Gasteiger partial charge < -0.3 is 53.6 Å². The Hall–Kier alpha value is -4.29. The van der Waals surface area contributed by atoms with Crippen molar-refractivity contribution < 1.29 is 113 Å². The summed E-state index contributed by atoms with van der Waals surface area (Å²) in [7, 11) is 0. The summed E-state index contributed by atoms with van der Waals surface area (Å²) in [6.07, 6.45) is -6.47. The van der Waals surface area contributed by atoms with Crippen molar-refractivity contribution in [2.75, 3.05) is 6.61 Å². The van der Waals surface area contributed by atoms with E-state index in [1.165, 1.54) is 13.8 Å². The second-order valence-electron chi connectivity index (χ2n) is 30.2. The molecule has 7 atom stereocenters. The van der Waals surface area contributed by atoms with Crippen molar-refractivity contribution in [1.29, 1.82) is 0 Å². The maximum Gasteiger partial charge on any atom is 0.430 e. The Morgan fingerprint density at radius 3 is 1.39 bits per heavy atom. The number of carboxylic acid groups (broad SMARTS) is 1. The summed E-state index contributed by atoms with van der Waals surface area (Å²) in [6.45, 7) is 32.8. The van der Waals surface area contributed by atoms with E-state index in [1.54, 1.807) is 34.6 Å². The lowest BCUT2D eigenvalue weighted by molar-refractivity contribution is -0.412. The Labute approximate surface area is 515 Å². The molecule has 0 spiro atoms. The Balaban J connectivity index is 0.000000256. The number of carbonyl (C=O) groups excluding carboxylic acids is 6. The molecule has 24 heteroatoms. The molecule has 8 rings (SSSR count). The number of alkyl halides is 6. The van der Waals surface area contributed by atoms with Gasteiger partial charge in [0.2, 0.25) is 6.10 Å². The normalized spacial score (nSPS) is 28.6. The molecule has 3 aliphatic heterocycles. The number of ether oxygens (including phenoxy) is 7. The van der Waals surface area contributed by atoms with Gasteiger partial charge in [-0.3, -0.25) is 28.8 Å². The maximum atomic E-state index is 13.2. The predicted molar refractivity (Wildman–Crippen MR) is 307 cm³/mol. The number of aliphatic hydroxyl groups is 3. The van der Waals surface area contributed by atoms with Crippen LogP contribution in [0.3, 0.4) is 0 Å². The number of carbonyl (C=O) groups is 7. The summed E-state index contributed by atoms with van der Waals surface area (Å²) in [6, 6.07) is 0. The second-order valence-corrected chi connectivity index (χ2v) is 30.2. The molecule has 8 aliphatic rings. The lowest BCUT2D eigenvalue weighted by atomic mass is 9.37. The van der Waals surface area contributed by atoms with Crippen molar-refractivity contribution >= 4 is 41.8 Å². The van der Waals surface area contributed by atoms with Gasteiger partial charge >= 0.3 is 54.1 Å². The quantitative estimate of drug-likeness (QED) is 0.0405. The van der Waals surface area contributed by atoms with Crippen LogP contribution < -0.4 is 0 Å². The van der Waals surface area contributed by atoms with Crippen molar-refractivity contribution in [2.24, 2.45) is 44.3 Å². The van der Waals surface area contributed by atoms with Crippen molar-refractivity contribution in [3.63, 3.8) is 0 Å². The first-order valence-corrected chi connectivity index (χ1v) is 31.1. The smallest absolute Gasteiger partial charge is 0.430 e. The van der Waals surface area contributed by atoms with Crippen molar-refractivity contribution in [2.45, 2.75) is 311 Å².